The molecule has 4 atom stereocenters. The van der Waals surface area contributed by atoms with E-state index in [2.05, 4.69) is 21.3 Å². The van der Waals surface area contributed by atoms with Gasteiger partial charge in [0.2, 0.25) is 35.4 Å². The van der Waals surface area contributed by atoms with E-state index in [0.29, 0.717) is 5.56 Å². The molecule has 0 fully saturated rings. The van der Waals surface area contributed by atoms with E-state index in [1.54, 1.807) is 0 Å². The van der Waals surface area contributed by atoms with Crippen molar-refractivity contribution in [2.24, 2.45) is 11.5 Å². The summed E-state index contributed by atoms with van der Waals surface area (Å²) < 4.78 is 0. The molecule has 0 unspecified atom stereocenters. The molecule has 19 heteroatoms. The Morgan fingerprint density at radius 3 is 1.75 bits per heavy atom. The molecule has 6 amide bonds. The van der Waals surface area contributed by atoms with Crippen molar-refractivity contribution in [3.8, 4) is 5.75 Å². The zero-order valence-electron chi connectivity index (χ0n) is 23.3. The van der Waals surface area contributed by atoms with E-state index in [4.69, 9.17) is 16.6 Å². The summed E-state index contributed by atoms with van der Waals surface area (Å²) >= 11 is 0. The van der Waals surface area contributed by atoms with Gasteiger partial charge in [0.25, 0.3) is 0 Å². The number of carbonyl (C=O) groups excluding carboxylic acids is 6. The van der Waals surface area contributed by atoms with Crippen molar-refractivity contribution in [2.75, 3.05) is 19.7 Å². The molecule has 0 aromatic heterocycles. The highest BCUT2D eigenvalue weighted by Gasteiger charge is 2.27. The number of primary amides is 1. The van der Waals surface area contributed by atoms with Crippen LogP contribution < -0.4 is 38.1 Å². The molecule has 0 aliphatic rings. The van der Waals surface area contributed by atoms with E-state index < -0.39 is 97.7 Å². The second-order valence-corrected chi connectivity index (χ2v) is 9.34. The molecular formula is C25H35N7O12. The second kappa shape index (κ2) is 18.3. The molecule has 1 aromatic rings. The highest BCUT2D eigenvalue weighted by Crippen LogP contribution is 2.11. The van der Waals surface area contributed by atoms with Gasteiger partial charge < -0.3 is 58.5 Å². The summed E-state index contributed by atoms with van der Waals surface area (Å²) in [5, 5.41) is 47.6. The normalized spacial score (nSPS) is 13.2. The molecule has 0 aliphatic carbocycles. The smallest absolute Gasteiger partial charge is 0.326 e. The van der Waals surface area contributed by atoms with Gasteiger partial charge in [0.15, 0.2) is 0 Å². The van der Waals surface area contributed by atoms with Gasteiger partial charge in [-0.05, 0) is 24.1 Å². The molecule has 19 nitrogen and oxygen atoms in total. The molecule has 242 valence electrons. The highest BCUT2D eigenvalue weighted by molar-refractivity contribution is 5.95. The van der Waals surface area contributed by atoms with Crippen molar-refractivity contribution in [1.29, 1.82) is 0 Å². The van der Waals surface area contributed by atoms with Gasteiger partial charge in [-0.2, -0.15) is 0 Å². The summed E-state index contributed by atoms with van der Waals surface area (Å²) in [6, 6.07) is -0.299. The maximum atomic E-state index is 12.7. The van der Waals surface area contributed by atoms with Crippen LogP contribution in [0.1, 0.15) is 24.8 Å². The molecule has 1 rings (SSSR count). The van der Waals surface area contributed by atoms with E-state index in [0.717, 1.165) is 0 Å². The number of carboxylic acid groups (broad SMARTS) is 2. The van der Waals surface area contributed by atoms with Gasteiger partial charge in [0, 0.05) is 12.8 Å². The van der Waals surface area contributed by atoms with Crippen LogP contribution in [0, 0.1) is 0 Å². The first kappa shape index (κ1) is 36.7. The molecule has 0 aliphatic heterocycles. The Morgan fingerprint density at radius 2 is 1.27 bits per heavy atom. The van der Waals surface area contributed by atoms with Crippen molar-refractivity contribution in [1.82, 2.24) is 26.6 Å². The van der Waals surface area contributed by atoms with Crippen LogP contribution in [0.15, 0.2) is 24.3 Å². The minimum Gasteiger partial charge on any atom is -0.508 e. The Bertz CT molecular complexity index is 1220. The van der Waals surface area contributed by atoms with Gasteiger partial charge in [0.1, 0.15) is 23.9 Å². The first-order valence-corrected chi connectivity index (χ1v) is 12.9. The third kappa shape index (κ3) is 14.0. The van der Waals surface area contributed by atoms with E-state index in [1.807, 2.05) is 5.32 Å². The summed E-state index contributed by atoms with van der Waals surface area (Å²) in [4.78, 5) is 95.1. The maximum absolute atomic E-state index is 12.7. The topological polar surface area (TPSA) is 330 Å². The number of nitrogens with two attached hydrogens (primary N) is 2. The first-order chi connectivity index (χ1) is 20.6. The average molecular weight is 626 g/mol. The Hall–Kier alpha value is -5.30. The minimum absolute atomic E-state index is 0.0363. The Kier molecular flexibility index (Phi) is 15.3. The molecule has 0 radical (unpaired) electrons. The lowest BCUT2D eigenvalue weighted by Crippen LogP contribution is -2.55. The van der Waals surface area contributed by atoms with Gasteiger partial charge in [-0.3, -0.25) is 33.6 Å². The summed E-state index contributed by atoms with van der Waals surface area (Å²) in [5.74, 6) is -8.48. The fraction of sp³-hybridized carbons (Fsp3) is 0.440. The number of aliphatic carboxylic acids is 2. The molecule has 0 saturated heterocycles. The van der Waals surface area contributed by atoms with Gasteiger partial charge in [-0.25, -0.2) is 4.79 Å². The van der Waals surface area contributed by atoms with Crippen LogP contribution in [0.3, 0.4) is 0 Å². The standard InChI is InChI=1S/C25H35N7O12/c26-14(8-21(38)39)22(40)32-17(11-33)24(42)29-9-19(36)30-15(5-6-18(27)35)23(41)28-10-20(37)31-16(25(43)44)7-12-1-3-13(34)4-2-12/h1-4,14-17,33-34H,5-11,26H2,(H2,27,35)(H,28,41)(H,29,42)(H,30,36)(H,31,37)(H,32,40)(H,38,39)(H,43,44)/t14-,15-,16-,17-/m0/s1. The van der Waals surface area contributed by atoms with Crippen LogP contribution in [0.4, 0.5) is 0 Å². The van der Waals surface area contributed by atoms with Crippen LogP contribution in [0.2, 0.25) is 0 Å². The number of hydrogen-bond acceptors (Lipinski definition) is 11. The van der Waals surface area contributed by atoms with Crippen molar-refractivity contribution in [3.05, 3.63) is 29.8 Å². The number of carbonyl (C=O) groups is 8. The van der Waals surface area contributed by atoms with Gasteiger partial charge in [0.05, 0.1) is 32.2 Å². The Labute approximate surface area is 249 Å². The lowest BCUT2D eigenvalue weighted by Gasteiger charge is -2.20. The summed E-state index contributed by atoms with van der Waals surface area (Å²) in [5.41, 5.74) is 11.0. The van der Waals surface area contributed by atoms with Gasteiger partial charge >= 0.3 is 11.9 Å². The number of amides is 6. The number of carboxylic acids is 2. The molecule has 0 bridgehead atoms. The molecule has 0 heterocycles. The number of hydrogen-bond donors (Lipinski definition) is 11. The van der Waals surface area contributed by atoms with Crippen LogP contribution in [-0.2, 0) is 44.8 Å². The second-order valence-electron chi connectivity index (χ2n) is 9.34. The summed E-state index contributed by atoms with van der Waals surface area (Å²) in [6.07, 6.45) is -1.55. The number of benzene rings is 1. The average Bonchev–Trinajstić information content (AvgIpc) is 2.95. The number of phenolic OH excluding ortho intramolecular Hbond substituents is 1. The lowest BCUT2D eigenvalue weighted by atomic mass is 10.1. The Balaban J connectivity index is 2.71. The van der Waals surface area contributed by atoms with Crippen LogP contribution in [0.25, 0.3) is 0 Å². The largest absolute Gasteiger partial charge is 0.508 e. The van der Waals surface area contributed by atoms with Crippen molar-refractivity contribution in [3.63, 3.8) is 0 Å². The van der Waals surface area contributed by atoms with Crippen molar-refractivity contribution in [2.45, 2.75) is 49.9 Å². The third-order valence-corrected chi connectivity index (χ3v) is 5.73. The van der Waals surface area contributed by atoms with Gasteiger partial charge in [-0.15, -0.1) is 0 Å². The van der Waals surface area contributed by atoms with E-state index >= 15 is 0 Å². The maximum Gasteiger partial charge on any atom is 0.326 e. The molecule has 13 N–H and O–H groups in total. The minimum atomic E-state index is -1.59. The molecule has 44 heavy (non-hydrogen) atoms. The summed E-state index contributed by atoms with van der Waals surface area (Å²) in [6.45, 7) is -2.41. The van der Waals surface area contributed by atoms with Crippen LogP contribution in [-0.4, -0.2) is 112 Å². The monoisotopic (exact) mass is 625 g/mol. The van der Waals surface area contributed by atoms with E-state index in [9.17, 15) is 53.7 Å². The molecule has 0 spiro atoms. The van der Waals surface area contributed by atoms with E-state index in [-0.39, 0.29) is 25.0 Å². The van der Waals surface area contributed by atoms with Crippen molar-refractivity contribution < 1.29 is 58.8 Å². The predicted octanol–water partition coefficient (Wildman–Crippen LogP) is -5.23. The fourth-order valence-corrected chi connectivity index (χ4v) is 3.45. The highest BCUT2D eigenvalue weighted by atomic mass is 16.4. The number of phenols is 1. The molecule has 1 aromatic carbocycles. The number of rotatable bonds is 19. The zero-order chi connectivity index (χ0) is 33.4. The lowest BCUT2D eigenvalue weighted by molar-refractivity contribution is -0.141. The quantitative estimate of drug-likeness (QED) is 0.0685. The van der Waals surface area contributed by atoms with E-state index in [1.165, 1.54) is 24.3 Å². The van der Waals surface area contributed by atoms with Crippen LogP contribution >= 0.6 is 0 Å². The number of aromatic hydroxyl groups is 1. The SMILES string of the molecule is NC(=O)CC[C@H](NC(=O)CNC(=O)[C@H](CO)NC(=O)[C@@H](N)CC(=O)O)C(=O)NCC(=O)N[C@@H](Cc1ccc(O)cc1)C(=O)O. The molecule has 0 saturated carbocycles. The first-order valence-electron chi connectivity index (χ1n) is 12.9. The third-order valence-electron chi connectivity index (χ3n) is 5.73. The Morgan fingerprint density at radius 1 is 0.750 bits per heavy atom. The zero-order valence-corrected chi connectivity index (χ0v) is 23.3. The van der Waals surface area contributed by atoms with Crippen molar-refractivity contribution >= 4 is 47.4 Å². The number of aliphatic hydroxyl groups excluding tert-OH is 1. The predicted molar refractivity (Wildman–Crippen MR) is 147 cm³/mol. The number of aliphatic hydroxyl groups is 1. The summed E-state index contributed by atoms with van der Waals surface area (Å²) in [7, 11) is 0. The number of nitrogens with one attached hydrogen (secondary N) is 5. The van der Waals surface area contributed by atoms with Crippen LogP contribution in [0.5, 0.6) is 5.75 Å². The van der Waals surface area contributed by atoms with Gasteiger partial charge in [-0.1, -0.05) is 12.1 Å². The molecular weight excluding hydrogens is 590 g/mol. The fourth-order valence-electron chi connectivity index (χ4n) is 3.45.